The number of benzene rings is 2. The fraction of sp³-hybridized carbons (Fsp3) is 0.300. The standard InChI is InChI=1S/C20H24O5/c1-4-23-18-12-15(13-19(24-5-2)20(18)25-6-3)8-7-14-9-10-16(21)17(22)11-14/h7-13,21-22H,4-6H2,1-3H3. The molecule has 0 aliphatic carbocycles. The molecule has 0 atom stereocenters. The van der Waals surface area contributed by atoms with E-state index < -0.39 is 0 Å². The summed E-state index contributed by atoms with van der Waals surface area (Å²) >= 11 is 0. The first-order valence-electron chi connectivity index (χ1n) is 8.35. The monoisotopic (exact) mass is 344 g/mol. The summed E-state index contributed by atoms with van der Waals surface area (Å²) in [7, 11) is 0. The fourth-order valence-corrected chi connectivity index (χ4v) is 2.34. The van der Waals surface area contributed by atoms with Gasteiger partial charge in [0.15, 0.2) is 23.0 Å². The van der Waals surface area contributed by atoms with Gasteiger partial charge in [-0.05, 0) is 56.2 Å². The highest BCUT2D eigenvalue weighted by Gasteiger charge is 2.14. The molecular weight excluding hydrogens is 320 g/mol. The summed E-state index contributed by atoms with van der Waals surface area (Å²) < 4.78 is 17.1. The third-order valence-electron chi connectivity index (χ3n) is 3.40. The highest BCUT2D eigenvalue weighted by molar-refractivity contribution is 5.73. The van der Waals surface area contributed by atoms with E-state index in [9.17, 15) is 10.2 Å². The van der Waals surface area contributed by atoms with Crippen LogP contribution in [0.3, 0.4) is 0 Å². The molecule has 2 aromatic rings. The Balaban J connectivity index is 2.38. The third kappa shape index (κ3) is 4.83. The maximum atomic E-state index is 9.58. The van der Waals surface area contributed by atoms with Crippen LogP contribution in [-0.2, 0) is 0 Å². The van der Waals surface area contributed by atoms with Crippen LogP contribution in [0.2, 0.25) is 0 Å². The number of phenols is 2. The van der Waals surface area contributed by atoms with Crippen molar-refractivity contribution in [1.82, 2.24) is 0 Å². The third-order valence-corrected chi connectivity index (χ3v) is 3.40. The molecule has 0 saturated carbocycles. The van der Waals surface area contributed by atoms with E-state index in [-0.39, 0.29) is 11.5 Å². The Morgan fingerprint density at radius 2 is 1.28 bits per heavy atom. The molecule has 0 amide bonds. The van der Waals surface area contributed by atoms with Gasteiger partial charge < -0.3 is 24.4 Å². The van der Waals surface area contributed by atoms with Crippen LogP contribution in [0.1, 0.15) is 31.9 Å². The summed E-state index contributed by atoms with van der Waals surface area (Å²) in [5.74, 6) is 1.56. The molecule has 0 bridgehead atoms. The Hall–Kier alpha value is -2.82. The predicted octanol–water partition coefficient (Wildman–Crippen LogP) is 4.46. The summed E-state index contributed by atoms with van der Waals surface area (Å²) in [6.45, 7) is 7.30. The second-order valence-electron chi connectivity index (χ2n) is 5.23. The van der Waals surface area contributed by atoms with Crippen LogP contribution in [-0.4, -0.2) is 30.0 Å². The molecule has 2 N–H and O–H groups in total. The molecular formula is C20H24O5. The van der Waals surface area contributed by atoms with Gasteiger partial charge in [0.1, 0.15) is 0 Å². The largest absolute Gasteiger partial charge is 0.504 e. The van der Waals surface area contributed by atoms with Gasteiger partial charge in [0.25, 0.3) is 0 Å². The fourth-order valence-electron chi connectivity index (χ4n) is 2.34. The first-order valence-corrected chi connectivity index (χ1v) is 8.35. The van der Waals surface area contributed by atoms with Gasteiger partial charge in [0.2, 0.25) is 5.75 Å². The number of hydrogen-bond donors (Lipinski definition) is 2. The zero-order valence-electron chi connectivity index (χ0n) is 14.8. The van der Waals surface area contributed by atoms with E-state index in [2.05, 4.69) is 0 Å². The molecule has 0 spiro atoms. The van der Waals surface area contributed by atoms with Crippen LogP contribution in [0, 0.1) is 0 Å². The molecule has 2 aromatic carbocycles. The minimum Gasteiger partial charge on any atom is -0.504 e. The number of rotatable bonds is 8. The first kappa shape index (κ1) is 18.5. The van der Waals surface area contributed by atoms with Crippen molar-refractivity contribution in [1.29, 1.82) is 0 Å². The number of hydrogen-bond acceptors (Lipinski definition) is 5. The SMILES string of the molecule is CCOc1cc(C=Cc2ccc(O)c(O)c2)cc(OCC)c1OCC. The van der Waals surface area contributed by atoms with Crippen molar-refractivity contribution in [3.8, 4) is 28.7 Å². The quantitative estimate of drug-likeness (QED) is 0.546. The Kier molecular flexibility index (Phi) is 6.57. The van der Waals surface area contributed by atoms with Gasteiger partial charge in [-0.2, -0.15) is 0 Å². The van der Waals surface area contributed by atoms with Crippen LogP contribution in [0.5, 0.6) is 28.7 Å². The summed E-state index contributed by atoms with van der Waals surface area (Å²) in [6, 6.07) is 8.42. The lowest BCUT2D eigenvalue weighted by atomic mass is 10.1. The van der Waals surface area contributed by atoms with Gasteiger partial charge in [-0.1, -0.05) is 18.2 Å². The van der Waals surface area contributed by atoms with E-state index in [1.54, 1.807) is 6.07 Å². The van der Waals surface area contributed by atoms with Crippen LogP contribution in [0.4, 0.5) is 0 Å². The minimum atomic E-state index is -0.154. The summed E-state index contributed by atoms with van der Waals surface area (Å²) in [4.78, 5) is 0. The summed E-state index contributed by atoms with van der Waals surface area (Å²) in [5, 5.41) is 19.0. The smallest absolute Gasteiger partial charge is 0.203 e. The van der Waals surface area contributed by atoms with Crippen LogP contribution in [0.25, 0.3) is 12.2 Å². The molecule has 0 saturated heterocycles. The highest BCUT2D eigenvalue weighted by atomic mass is 16.5. The molecule has 0 heterocycles. The Morgan fingerprint density at radius 3 is 1.80 bits per heavy atom. The number of ether oxygens (including phenoxy) is 3. The summed E-state index contributed by atoms with van der Waals surface area (Å²) in [6.07, 6.45) is 3.72. The number of phenolic OH excluding ortho intramolecular Hbond substituents is 2. The highest BCUT2D eigenvalue weighted by Crippen LogP contribution is 2.39. The van der Waals surface area contributed by atoms with Crippen molar-refractivity contribution in [3.63, 3.8) is 0 Å². The zero-order chi connectivity index (χ0) is 18.2. The average molecular weight is 344 g/mol. The normalized spacial score (nSPS) is 10.8. The van der Waals surface area contributed by atoms with E-state index in [1.165, 1.54) is 12.1 Å². The van der Waals surface area contributed by atoms with Gasteiger partial charge >= 0.3 is 0 Å². The Morgan fingerprint density at radius 1 is 0.720 bits per heavy atom. The predicted molar refractivity (Wildman–Crippen MR) is 98.6 cm³/mol. The van der Waals surface area contributed by atoms with E-state index in [4.69, 9.17) is 14.2 Å². The lowest BCUT2D eigenvalue weighted by molar-refractivity contribution is 0.260. The molecule has 0 fully saturated rings. The van der Waals surface area contributed by atoms with E-state index in [0.717, 1.165) is 11.1 Å². The van der Waals surface area contributed by atoms with Gasteiger partial charge in [0.05, 0.1) is 19.8 Å². The van der Waals surface area contributed by atoms with Crippen LogP contribution >= 0.6 is 0 Å². The summed E-state index contributed by atoms with van der Waals surface area (Å²) in [5.41, 5.74) is 1.64. The maximum Gasteiger partial charge on any atom is 0.203 e. The molecule has 2 rings (SSSR count). The molecule has 0 unspecified atom stereocenters. The van der Waals surface area contributed by atoms with E-state index in [0.29, 0.717) is 37.1 Å². The topological polar surface area (TPSA) is 68.2 Å². The van der Waals surface area contributed by atoms with Gasteiger partial charge in [0, 0.05) is 0 Å². The molecule has 0 aromatic heterocycles. The molecule has 0 aliphatic heterocycles. The van der Waals surface area contributed by atoms with Crippen molar-refractivity contribution >= 4 is 12.2 Å². The van der Waals surface area contributed by atoms with E-state index in [1.807, 2.05) is 45.1 Å². The lowest BCUT2D eigenvalue weighted by Crippen LogP contribution is -2.02. The van der Waals surface area contributed by atoms with Gasteiger partial charge in [-0.25, -0.2) is 0 Å². The molecule has 5 nitrogen and oxygen atoms in total. The van der Waals surface area contributed by atoms with Crippen molar-refractivity contribution in [3.05, 3.63) is 41.5 Å². The lowest BCUT2D eigenvalue weighted by Gasteiger charge is -2.16. The Bertz CT molecular complexity index is 710. The van der Waals surface area contributed by atoms with Crippen molar-refractivity contribution in [2.45, 2.75) is 20.8 Å². The van der Waals surface area contributed by atoms with Crippen molar-refractivity contribution in [2.24, 2.45) is 0 Å². The maximum absolute atomic E-state index is 9.58. The second kappa shape index (κ2) is 8.87. The van der Waals surface area contributed by atoms with Crippen LogP contribution in [0.15, 0.2) is 30.3 Å². The zero-order valence-corrected chi connectivity index (χ0v) is 14.8. The van der Waals surface area contributed by atoms with Crippen LogP contribution < -0.4 is 14.2 Å². The van der Waals surface area contributed by atoms with Crippen molar-refractivity contribution in [2.75, 3.05) is 19.8 Å². The number of aromatic hydroxyl groups is 2. The van der Waals surface area contributed by atoms with Gasteiger partial charge in [-0.3, -0.25) is 0 Å². The molecule has 134 valence electrons. The van der Waals surface area contributed by atoms with E-state index >= 15 is 0 Å². The average Bonchev–Trinajstić information content (AvgIpc) is 2.59. The van der Waals surface area contributed by atoms with Gasteiger partial charge in [-0.15, -0.1) is 0 Å². The second-order valence-corrected chi connectivity index (χ2v) is 5.23. The van der Waals surface area contributed by atoms with Crippen molar-refractivity contribution < 1.29 is 24.4 Å². The first-order chi connectivity index (χ1) is 12.1. The molecule has 0 radical (unpaired) electrons. The minimum absolute atomic E-state index is 0.143. The molecule has 0 aliphatic rings. The molecule has 25 heavy (non-hydrogen) atoms. The Labute approximate surface area is 148 Å². The molecule has 5 heteroatoms.